The highest BCUT2D eigenvalue weighted by atomic mass is 19.4. The first kappa shape index (κ1) is 19.4. The molecule has 0 aliphatic heterocycles. The van der Waals surface area contributed by atoms with Crippen molar-refractivity contribution in [2.75, 3.05) is 20.3 Å². The molecule has 0 aromatic heterocycles. The monoisotopic (exact) mass is 365 g/mol. The van der Waals surface area contributed by atoms with Gasteiger partial charge >= 0.3 is 6.18 Å². The van der Waals surface area contributed by atoms with Gasteiger partial charge in [0.1, 0.15) is 18.1 Å². The highest BCUT2D eigenvalue weighted by molar-refractivity contribution is 5.91. The van der Waals surface area contributed by atoms with Crippen LogP contribution in [0.2, 0.25) is 0 Å². The van der Waals surface area contributed by atoms with E-state index < -0.39 is 11.7 Å². The van der Waals surface area contributed by atoms with Crippen LogP contribution < -0.4 is 14.8 Å². The van der Waals surface area contributed by atoms with E-state index in [9.17, 15) is 18.0 Å². The second-order valence-corrected chi connectivity index (χ2v) is 5.27. The number of amides is 1. The highest BCUT2D eigenvalue weighted by Gasteiger charge is 2.29. The van der Waals surface area contributed by atoms with Gasteiger partial charge in [0, 0.05) is 6.08 Å². The molecule has 0 atom stereocenters. The van der Waals surface area contributed by atoms with Crippen molar-refractivity contribution in [1.29, 1.82) is 0 Å². The summed E-state index contributed by atoms with van der Waals surface area (Å²) < 4.78 is 47.9. The molecule has 138 valence electrons. The third-order valence-electron chi connectivity index (χ3n) is 3.39. The maximum absolute atomic E-state index is 12.5. The summed E-state index contributed by atoms with van der Waals surface area (Å²) in [5.41, 5.74) is -0.225. The van der Waals surface area contributed by atoms with Crippen molar-refractivity contribution in [2.24, 2.45) is 0 Å². The van der Waals surface area contributed by atoms with Gasteiger partial charge in [0.15, 0.2) is 0 Å². The Bertz CT molecular complexity index is 738. The molecule has 0 aliphatic carbocycles. The van der Waals surface area contributed by atoms with Crippen molar-refractivity contribution < 1.29 is 27.4 Å². The van der Waals surface area contributed by atoms with Crippen LogP contribution >= 0.6 is 0 Å². The Morgan fingerprint density at radius 3 is 2.23 bits per heavy atom. The first-order chi connectivity index (χ1) is 12.4. The van der Waals surface area contributed by atoms with Crippen molar-refractivity contribution in [1.82, 2.24) is 5.32 Å². The van der Waals surface area contributed by atoms with Gasteiger partial charge in [-0.1, -0.05) is 12.1 Å². The Hall–Kier alpha value is -2.96. The number of methoxy groups -OCH3 is 1. The third kappa shape index (κ3) is 6.16. The van der Waals surface area contributed by atoms with Gasteiger partial charge in [0.05, 0.1) is 19.2 Å². The van der Waals surface area contributed by atoms with Crippen LogP contribution in [0, 0.1) is 0 Å². The molecule has 0 saturated heterocycles. The lowest BCUT2D eigenvalue weighted by Crippen LogP contribution is -2.26. The minimum Gasteiger partial charge on any atom is -0.497 e. The molecule has 0 aliphatic rings. The zero-order valence-electron chi connectivity index (χ0n) is 14.0. The molecular weight excluding hydrogens is 347 g/mol. The second-order valence-electron chi connectivity index (χ2n) is 5.27. The number of alkyl halides is 3. The van der Waals surface area contributed by atoms with Crippen molar-refractivity contribution in [3.05, 3.63) is 65.7 Å². The first-order valence-electron chi connectivity index (χ1n) is 7.78. The highest BCUT2D eigenvalue weighted by Crippen LogP contribution is 2.29. The summed E-state index contributed by atoms with van der Waals surface area (Å²) in [6.07, 6.45) is -1.67. The van der Waals surface area contributed by atoms with E-state index in [0.717, 1.165) is 17.9 Å². The Balaban J connectivity index is 1.73. The minimum atomic E-state index is -4.37. The third-order valence-corrected chi connectivity index (χ3v) is 3.39. The zero-order chi connectivity index (χ0) is 19.0. The summed E-state index contributed by atoms with van der Waals surface area (Å²) in [7, 11) is 1.57. The fraction of sp³-hybridized carbons (Fsp3) is 0.211. The van der Waals surface area contributed by atoms with Crippen LogP contribution in [0.25, 0.3) is 6.08 Å². The maximum atomic E-state index is 12.5. The quantitative estimate of drug-likeness (QED) is 0.598. The van der Waals surface area contributed by atoms with E-state index in [0.29, 0.717) is 17.9 Å². The van der Waals surface area contributed by atoms with E-state index in [4.69, 9.17) is 9.47 Å². The fourth-order valence-corrected chi connectivity index (χ4v) is 2.03. The molecule has 0 spiro atoms. The lowest BCUT2D eigenvalue weighted by Gasteiger charge is -2.07. The van der Waals surface area contributed by atoms with E-state index in [2.05, 4.69) is 5.32 Å². The van der Waals surface area contributed by atoms with Crippen molar-refractivity contribution in [3.8, 4) is 11.5 Å². The number of carbonyl (C=O) groups is 1. The Morgan fingerprint density at radius 1 is 1.04 bits per heavy atom. The molecule has 4 nitrogen and oxygen atoms in total. The van der Waals surface area contributed by atoms with E-state index in [1.807, 2.05) is 0 Å². The molecular formula is C19H18F3NO3. The smallest absolute Gasteiger partial charge is 0.416 e. The summed E-state index contributed by atoms with van der Waals surface area (Å²) in [6.45, 7) is 0.578. The second kappa shape index (κ2) is 8.94. The average molecular weight is 365 g/mol. The van der Waals surface area contributed by atoms with Gasteiger partial charge in [-0.05, 0) is 48.0 Å². The van der Waals surface area contributed by atoms with Crippen LogP contribution in [-0.4, -0.2) is 26.2 Å². The average Bonchev–Trinajstić information content (AvgIpc) is 2.63. The van der Waals surface area contributed by atoms with E-state index in [-0.39, 0.29) is 12.5 Å². The molecule has 1 amide bonds. The molecule has 0 fully saturated rings. The van der Waals surface area contributed by atoms with Crippen molar-refractivity contribution >= 4 is 12.0 Å². The summed E-state index contributed by atoms with van der Waals surface area (Å²) >= 11 is 0. The molecule has 26 heavy (non-hydrogen) atoms. The van der Waals surface area contributed by atoms with E-state index in [1.165, 1.54) is 24.3 Å². The predicted octanol–water partition coefficient (Wildman–Crippen LogP) is 3.92. The number of hydrogen-bond donors (Lipinski definition) is 1. The van der Waals surface area contributed by atoms with Crippen LogP contribution in [0.4, 0.5) is 13.2 Å². The number of carbonyl (C=O) groups excluding carboxylic acids is 1. The molecule has 0 heterocycles. The van der Waals surface area contributed by atoms with Gasteiger partial charge < -0.3 is 14.8 Å². The van der Waals surface area contributed by atoms with Crippen LogP contribution in [0.5, 0.6) is 11.5 Å². The number of hydrogen-bond acceptors (Lipinski definition) is 3. The maximum Gasteiger partial charge on any atom is 0.416 e. The summed E-state index contributed by atoms with van der Waals surface area (Å²) in [5, 5.41) is 2.63. The summed E-state index contributed by atoms with van der Waals surface area (Å²) in [6, 6.07) is 11.6. The molecule has 0 bridgehead atoms. The molecule has 1 N–H and O–H groups in total. The summed E-state index contributed by atoms with van der Waals surface area (Å²) in [5.74, 6) is 1.02. The Kier molecular flexibility index (Phi) is 6.66. The fourth-order valence-electron chi connectivity index (χ4n) is 2.03. The standard InChI is InChI=1S/C19H18F3NO3/c1-25-16-7-9-17(10-8-16)26-13-12-23-18(24)11-4-14-2-5-15(6-3-14)19(20,21)22/h2-11H,12-13H2,1H3,(H,23,24)/b11-4+. The molecule has 2 aromatic rings. The molecule has 0 unspecified atom stereocenters. The van der Waals surface area contributed by atoms with Crippen molar-refractivity contribution in [3.63, 3.8) is 0 Å². The molecule has 0 saturated carbocycles. The van der Waals surface area contributed by atoms with Crippen LogP contribution in [0.15, 0.2) is 54.6 Å². The van der Waals surface area contributed by atoms with Crippen LogP contribution in [-0.2, 0) is 11.0 Å². The van der Waals surface area contributed by atoms with Crippen LogP contribution in [0.3, 0.4) is 0 Å². The molecule has 2 aromatic carbocycles. The molecule has 7 heteroatoms. The van der Waals surface area contributed by atoms with Gasteiger partial charge in [0.25, 0.3) is 0 Å². The first-order valence-corrected chi connectivity index (χ1v) is 7.78. The lowest BCUT2D eigenvalue weighted by molar-refractivity contribution is -0.137. The largest absolute Gasteiger partial charge is 0.497 e. The molecule has 2 rings (SSSR count). The van der Waals surface area contributed by atoms with E-state index >= 15 is 0 Å². The van der Waals surface area contributed by atoms with Gasteiger partial charge in [-0.3, -0.25) is 4.79 Å². The van der Waals surface area contributed by atoms with Gasteiger partial charge in [-0.15, -0.1) is 0 Å². The number of halogens is 3. The zero-order valence-corrected chi connectivity index (χ0v) is 14.0. The lowest BCUT2D eigenvalue weighted by atomic mass is 10.1. The topological polar surface area (TPSA) is 47.6 Å². The number of nitrogens with one attached hydrogen (secondary N) is 1. The SMILES string of the molecule is COc1ccc(OCCNC(=O)/C=C/c2ccc(C(F)(F)F)cc2)cc1. The summed E-state index contributed by atoms with van der Waals surface area (Å²) in [4.78, 5) is 11.7. The predicted molar refractivity (Wildman–Crippen MR) is 92.0 cm³/mol. The van der Waals surface area contributed by atoms with E-state index in [1.54, 1.807) is 31.4 Å². The Morgan fingerprint density at radius 2 is 1.65 bits per heavy atom. The van der Waals surface area contributed by atoms with Gasteiger partial charge in [-0.2, -0.15) is 13.2 Å². The van der Waals surface area contributed by atoms with Crippen molar-refractivity contribution in [2.45, 2.75) is 6.18 Å². The minimum absolute atomic E-state index is 0.284. The Labute approximate surface area is 149 Å². The number of benzene rings is 2. The number of rotatable bonds is 7. The normalized spacial score (nSPS) is 11.4. The van der Waals surface area contributed by atoms with Crippen LogP contribution in [0.1, 0.15) is 11.1 Å². The molecule has 0 radical (unpaired) electrons. The van der Waals surface area contributed by atoms with Gasteiger partial charge in [-0.25, -0.2) is 0 Å². The number of ether oxygens (including phenoxy) is 2. The van der Waals surface area contributed by atoms with Gasteiger partial charge in [0.2, 0.25) is 5.91 Å².